The fourth-order valence-corrected chi connectivity index (χ4v) is 2.74. The van der Waals surface area contributed by atoms with Crippen molar-refractivity contribution in [2.45, 2.75) is 30.7 Å². The molecule has 0 aromatic heterocycles. The Bertz CT molecular complexity index is 461. The van der Waals surface area contributed by atoms with Gasteiger partial charge in [-0.3, -0.25) is 9.69 Å². The molecule has 3 nitrogen and oxygen atoms in total. The van der Waals surface area contributed by atoms with Crippen molar-refractivity contribution < 1.29 is 4.79 Å². The van der Waals surface area contributed by atoms with Crippen molar-refractivity contribution in [3.05, 3.63) is 28.8 Å². The Balaban J connectivity index is 1.91. The molecule has 1 aromatic carbocycles. The Morgan fingerprint density at radius 3 is 2.84 bits per heavy atom. The van der Waals surface area contributed by atoms with E-state index in [1.54, 1.807) is 18.2 Å². The van der Waals surface area contributed by atoms with Crippen LogP contribution in [0.2, 0.25) is 5.02 Å². The van der Waals surface area contributed by atoms with Gasteiger partial charge in [-0.05, 0) is 51.1 Å². The van der Waals surface area contributed by atoms with Gasteiger partial charge in [0.25, 0.3) is 5.91 Å². The Labute approximate surface area is 124 Å². The smallest absolute Gasteiger partial charge is 0.252 e. The van der Waals surface area contributed by atoms with Gasteiger partial charge in [0.2, 0.25) is 0 Å². The molecule has 1 fully saturated rings. The van der Waals surface area contributed by atoms with E-state index in [4.69, 9.17) is 11.6 Å². The van der Waals surface area contributed by atoms with Crippen LogP contribution in [0.15, 0.2) is 23.1 Å². The zero-order valence-corrected chi connectivity index (χ0v) is 12.7. The lowest BCUT2D eigenvalue weighted by molar-refractivity contribution is 0.0940. The minimum absolute atomic E-state index is 0.132. The highest BCUT2D eigenvalue weighted by molar-refractivity contribution is 7.80. The van der Waals surface area contributed by atoms with Crippen molar-refractivity contribution in [2.75, 3.05) is 19.6 Å². The molecule has 1 saturated heterocycles. The first-order chi connectivity index (χ1) is 9.08. The fraction of sp³-hybridized carbons (Fsp3) is 0.500. The molecule has 5 heteroatoms. The van der Waals surface area contributed by atoms with Crippen molar-refractivity contribution in [1.82, 2.24) is 10.2 Å². The third-order valence-electron chi connectivity index (χ3n) is 3.52. The van der Waals surface area contributed by atoms with Crippen molar-refractivity contribution in [2.24, 2.45) is 0 Å². The van der Waals surface area contributed by atoms with Gasteiger partial charge in [-0.15, -0.1) is 12.6 Å². The molecule has 0 spiro atoms. The highest BCUT2D eigenvalue weighted by atomic mass is 35.5. The molecular weight excluding hydrogens is 280 g/mol. The molecular formula is C14H19ClN2OS. The maximum Gasteiger partial charge on any atom is 0.252 e. The first-order valence-electron chi connectivity index (χ1n) is 6.58. The number of nitrogens with one attached hydrogen (secondary N) is 1. The Morgan fingerprint density at radius 1 is 1.47 bits per heavy atom. The highest BCUT2D eigenvalue weighted by Crippen LogP contribution is 2.19. The average Bonchev–Trinajstić information content (AvgIpc) is 2.92. The molecule has 1 aliphatic heterocycles. The van der Waals surface area contributed by atoms with E-state index in [0.717, 1.165) is 18.0 Å². The number of amides is 1. The molecule has 1 unspecified atom stereocenters. The minimum atomic E-state index is -0.132. The molecule has 0 saturated carbocycles. The van der Waals surface area contributed by atoms with E-state index in [9.17, 15) is 4.79 Å². The van der Waals surface area contributed by atoms with Crippen LogP contribution in [0.1, 0.15) is 30.1 Å². The first-order valence-corrected chi connectivity index (χ1v) is 7.41. The Hall–Kier alpha value is -0.710. The molecule has 1 N–H and O–H groups in total. The SMILES string of the molecule is CC(CNC(=O)c1cc(S)ccc1Cl)N1CCCC1. The Morgan fingerprint density at radius 2 is 2.16 bits per heavy atom. The van der Waals surface area contributed by atoms with E-state index in [1.165, 1.54) is 12.8 Å². The van der Waals surface area contributed by atoms with Crippen molar-refractivity contribution >= 4 is 30.1 Å². The zero-order valence-electron chi connectivity index (χ0n) is 11.0. The van der Waals surface area contributed by atoms with Crippen molar-refractivity contribution in [3.8, 4) is 0 Å². The predicted molar refractivity (Wildman–Crippen MR) is 81.3 cm³/mol. The lowest BCUT2D eigenvalue weighted by Crippen LogP contribution is -2.40. The summed E-state index contributed by atoms with van der Waals surface area (Å²) in [6.45, 7) is 5.04. The molecule has 0 bridgehead atoms. The van der Waals surface area contributed by atoms with Crippen LogP contribution in [0.3, 0.4) is 0 Å². The van der Waals surface area contributed by atoms with E-state index in [0.29, 0.717) is 23.2 Å². The van der Waals surface area contributed by atoms with Crippen LogP contribution < -0.4 is 5.32 Å². The lowest BCUT2D eigenvalue weighted by atomic mass is 10.2. The number of halogens is 1. The van der Waals surface area contributed by atoms with E-state index in [2.05, 4.69) is 29.8 Å². The van der Waals surface area contributed by atoms with Gasteiger partial charge >= 0.3 is 0 Å². The number of nitrogens with zero attached hydrogens (tertiary/aromatic N) is 1. The van der Waals surface area contributed by atoms with E-state index >= 15 is 0 Å². The maximum atomic E-state index is 12.1. The summed E-state index contributed by atoms with van der Waals surface area (Å²) in [6.07, 6.45) is 2.51. The van der Waals surface area contributed by atoms with Crippen LogP contribution in [-0.2, 0) is 0 Å². The molecule has 0 radical (unpaired) electrons. The number of hydrogen-bond acceptors (Lipinski definition) is 3. The normalized spacial score (nSPS) is 17.4. The number of hydrogen-bond donors (Lipinski definition) is 2. The van der Waals surface area contributed by atoms with Crippen LogP contribution in [0.5, 0.6) is 0 Å². The predicted octanol–water partition coefficient (Wildman–Crippen LogP) is 2.84. The van der Waals surface area contributed by atoms with Gasteiger partial charge in [-0.2, -0.15) is 0 Å². The maximum absolute atomic E-state index is 12.1. The first kappa shape index (κ1) is 14.7. The summed E-state index contributed by atoms with van der Waals surface area (Å²) in [6, 6.07) is 5.53. The summed E-state index contributed by atoms with van der Waals surface area (Å²) < 4.78 is 0. The van der Waals surface area contributed by atoms with Crippen LogP contribution in [-0.4, -0.2) is 36.5 Å². The molecule has 1 aliphatic rings. The topological polar surface area (TPSA) is 32.3 Å². The van der Waals surface area contributed by atoms with Crippen molar-refractivity contribution in [1.29, 1.82) is 0 Å². The fourth-order valence-electron chi connectivity index (χ4n) is 2.33. The summed E-state index contributed by atoms with van der Waals surface area (Å²) in [5.41, 5.74) is 0.489. The van der Waals surface area contributed by atoms with Gasteiger partial charge in [-0.25, -0.2) is 0 Å². The van der Waals surface area contributed by atoms with Crippen LogP contribution >= 0.6 is 24.2 Å². The third-order valence-corrected chi connectivity index (χ3v) is 4.12. The molecule has 1 atom stereocenters. The molecule has 1 amide bonds. The highest BCUT2D eigenvalue weighted by Gasteiger charge is 2.19. The van der Waals surface area contributed by atoms with Crippen molar-refractivity contribution in [3.63, 3.8) is 0 Å². The van der Waals surface area contributed by atoms with Gasteiger partial charge in [0.05, 0.1) is 10.6 Å². The summed E-state index contributed by atoms with van der Waals surface area (Å²) in [5, 5.41) is 3.41. The van der Waals surface area contributed by atoms with Gasteiger partial charge in [0.15, 0.2) is 0 Å². The molecule has 19 heavy (non-hydrogen) atoms. The summed E-state index contributed by atoms with van der Waals surface area (Å²) in [4.78, 5) is 15.2. The summed E-state index contributed by atoms with van der Waals surface area (Å²) in [7, 11) is 0. The number of carbonyl (C=O) groups is 1. The molecule has 1 heterocycles. The van der Waals surface area contributed by atoms with Gasteiger partial charge in [0, 0.05) is 17.5 Å². The molecule has 0 aliphatic carbocycles. The minimum Gasteiger partial charge on any atom is -0.350 e. The molecule has 2 rings (SSSR count). The average molecular weight is 299 g/mol. The van der Waals surface area contributed by atoms with E-state index < -0.39 is 0 Å². The largest absolute Gasteiger partial charge is 0.350 e. The van der Waals surface area contributed by atoms with Crippen LogP contribution in [0.25, 0.3) is 0 Å². The summed E-state index contributed by atoms with van der Waals surface area (Å²) >= 11 is 10.3. The summed E-state index contributed by atoms with van der Waals surface area (Å²) in [5.74, 6) is -0.132. The number of benzene rings is 1. The molecule has 1 aromatic rings. The standard InChI is InChI=1S/C14H19ClN2OS/c1-10(17-6-2-3-7-17)9-16-14(18)12-8-11(19)4-5-13(12)15/h4-5,8,10,19H,2-3,6-7,9H2,1H3,(H,16,18). The second-order valence-electron chi connectivity index (χ2n) is 4.97. The van der Waals surface area contributed by atoms with Crippen LogP contribution in [0, 0.1) is 0 Å². The van der Waals surface area contributed by atoms with E-state index in [1.807, 2.05) is 0 Å². The Kier molecular flexibility index (Phi) is 5.13. The second kappa shape index (κ2) is 6.64. The quantitative estimate of drug-likeness (QED) is 0.838. The third kappa shape index (κ3) is 3.88. The van der Waals surface area contributed by atoms with Gasteiger partial charge < -0.3 is 5.32 Å². The lowest BCUT2D eigenvalue weighted by Gasteiger charge is -2.23. The monoisotopic (exact) mass is 298 g/mol. The van der Waals surface area contributed by atoms with Crippen LogP contribution in [0.4, 0.5) is 0 Å². The number of likely N-dealkylation sites (tertiary alicyclic amines) is 1. The number of thiol groups is 1. The molecule has 104 valence electrons. The van der Waals surface area contributed by atoms with Gasteiger partial charge in [0.1, 0.15) is 0 Å². The number of rotatable bonds is 4. The second-order valence-corrected chi connectivity index (χ2v) is 5.89. The van der Waals surface area contributed by atoms with Gasteiger partial charge in [-0.1, -0.05) is 11.6 Å². The van der Waals surface area contributed by atoms with E-state index in [-0.39, 0.29) is 5.91 Å². The number of carbonyl (C=O) groups excluding carboxylic acids is 1. The zero-order chi connectivity index (χ0) is 13.8.